The van der Waals surface area contributed by atoms with Crippen LogP contribution in [0.4, 0.5) is 5.69 Å². The molecule has 1 heterocycles. The predicted octanol–water partition coefficient (Wildman–Crippen LogP) is 3.25. The van der Waals surface area contributed by atoms with Gasteiger partial charge in [0.05, 0.1) is 14.2 Å². The van der Waals surface area contributed by atoms with Crippen LogP contribution in [-0.2, 0) is 20.9 Å². The first-order valence-electron chi connectivity index (χ1n) is 11.1. The molecule has 0 saturated heterocycles. The van der Waals surface area contributed by atoms with E-state index in [4.69, 9.17) is 25.4 Å². The molecule has 1 atom stereocenters. The molecule has 9 heteroatoms. The van der Waals surface area contributed by atoms with Gasteiger partial charge in [0.15, 0.2) is 11.5 Å². The zero-order chi connectivity index (χ0) is 25.7. The molecule has 4 rings (SSSR count). The molecule has 0 fully saturated rings. The number of hydrogen-bond acceptors (Lipinski definition) is 7. The van der Waals surface area contributed by atoms with E-state index in [2.05, 4.69) is 5.32 Å². The number of esters is 1. The molecular weight excluding hydrogens is 460 g/mol. The van der Waals surface area contributed by atoms with Gasteiger partial charge in [-0.05, 0) is 35.4 Å². The molecule has 0 aliphatic carbocycles. The van der Waals surface area contributed by atoms with Gasteiger partial charge in [-0.3, -0.25) is 10.2 Å². The van der Waals surface area contributed by atoms with Gasteiger partial charge in [0.2, 0.25) is 0 Å². The number of ether oxygens (including phenoxy) is 3. The van der Waals surface area contributed by atoms with Crippen LogP contribution in [0.25, 0.3) is 0 Å². The van der Waals surface area contributed by atoms with Crippen molar-refractivity contribution in [3.63, 3.8) is 0 Å². The zero-order valence-electron chi connectivity index (χ0n) is 19.9. The molecule has 1 unspecified atom stereocenters. The number of benzene rings is 3. The predicted molar refractivity (Wildman–Crippen MR) is 135 cm³/mol. The molecule has 1 amide bonds. The SMILES string of the molecule is COC(=O)C1=CN(c2cccc(C(=N)N)c2)C(c2ccc(OCc3ccccc3)c(OC)c2)C(=O)N1. The van der Waals surface area contributed by atoms with Crippen LogP contribution in [0.5, 0.6) is 11.5 Å². The lowest BCUT2D eigenvalue weighted by molar-refractivity contribution is -0.138. The highest BCUT2D eigenvalue weighted by Gasteiger charge is 2.35. The Kier molecular flexibility index (Phi) is 7.20. The average molecular weight is 487 g/mol. The number of methoxy groups -OCH3 is 2. The standard InChI is InChI=1S/C27H26N4O5/c1-34-23-14-18(11-12-22(23)36-16-17-7-4-3-5-8-17)24-26(32)30-21(27(33)35-2)15-31(24)20-10-6-9-19(13-20)25(28)29/h3-15,24H,16H2,1-2H3,(H3,28,29)(H,30,32). The molecular formula is C27H26N4O5. The van der Waals surface area contributed by atoms with Crippen LogP contribution in [0.1, 0.15) is 22.7 Å². The molecule has 0 aromatic heterocycles. The van der Waals surface area contributed by atoms with Crippen LogP contribution in [0.2, 0.25) is 0 Å². The van der Waals surface area contributed by atoms with Crippen LogP contribution in [-0.4, -0.2) is 31.9 Å². The average Bonchev–Trinajstić information content (AvgIpc) is 2.91. The lowest BCUT2D eigenvalue weighted by Crippen LogP contribution is -2.45. The maximum atomic E-state index is 13.3. The first-order chi connectivity index (χ1) is 17.4. The minimum atomic E-state index is -0.849. The van der Waals surface area contributed by atoms with Gasteiger partial charge in [0.25, 0.3) is 5.91 Å². The van der Waals surface area contributed by atoms with E-state index in [0.717, 1.165) is 5.56 Å². The van der Waals surface area contributed by atoms with E-state index in [1.54, 1.807) is 47.4 Å². The van der Waals surface area contributed by atoms with Gasteiger partial charge < -0.3 is 30.2 Å². The van der Waals surface area contributed by atoms with Crippen molar-refractivity contribution in [3.05, 3.63) is 101 Å². The number of nitrogens with one attached hydrogen (secondary N) is 2. The van der Waals surface area contributed by atoms with E-state index in [-0.39, 0.29) is 11.5 Å². The van der Waals surface area contributed by atoms with Crippen molar-refractivity contribution in [1.82, 2.24) is 5.32 Å². The highest BCUT2D eigenvalue weighted by Crippen LogP contribution is 2.36. The molecule has 0 bridgehead atoms. The van der Waals surface area contributed by atoms with Gasteiger partial charge in [-0.25, -0.2) is 4.79 Å². The van der Waals surface area contributed by atoms with E-state index in [9.17, 15) is 9.59 Å². The summed E-state index contributed by atoms with van der Waals surface area (Å²) in [5.41, 5.74) is 8.31. The summed E-state index contributed by atoms with van der Waals surface area (Å²) in [5, 5.41) is 10.4. The van der Waals surface area contributed by atoms with Crippen molar-refractivity contribution < 1.29 is 23.8 Å². The summed E-state index contributed by atoms with van der Waals surface area (Å²) in [7, 11) is 2.76. The van der Waals surface area contributed by atoms with Gasteiger partial charge in [-0.15, -0.1) is 0 Å². The highest BCUT2D eigenvalue weighted by molar-refractivity contribution is 6.00. The van der Waals surface area contributed by atoms with Gasteiger partial charge in [0, 0.05) is 17.5 Å². The molecule has 1 aliphatic heterocycles. The molecule has 9 nitrogen and oxygen atoms in total. The smallest absolute Gasteiger partial charge is 0.356 e. The number of anilines is 1. The Bertz CT molecular complexity index is 1320. The first-order valence-corrected chi connectivity index (χ1v) is 11.1. The summed E-state index contributed by atoms with van der Waals surface area (Å²) in [6.45, 7) is 0.357. The van der Waals surface area contributed by atoms with Crippen molar-refractivity contribution in [3.8, 4) is 11.5 Å². The topological polar surface area (TPSA) is 127 Å². The van der Waals surface area contributed by atoms with E-state index < -0.39 is 17.9 Å². The molecule has 4 N–H and O–H groups in total. The van der Waals surface area contributed by atoms with Crippen LogP contribution in [0.3, 0.4) is 0 Å². The number of nitrogens with zero attached hydrogens (tertiary/aromatic N) is 1. The summed E-state index contributed by atoms with van der Waals surface area (Å²) in [4.78, 5) is 27.1. The summed E-state index contributed by atoms with van der Waals surface area (Å²) in [6, 6.07) is 21.0. The van der Waals surface area contributed by atoms with E-state index >= 15 is 0 Å². The van der Waals surface area contributed by atoms with Gasteiger partial charge >= 0.3 is 5.97 Å². The Morgan fingerprint density at radius 1 is 1.03 bits per heavy atom. The Morgan fingerprint density at radius 3 is 2.50 bits per heavy atom. The van der Waals surface area contributed by atoms with Crippen LogP contribution in [0.15, 0.2) is 84.7 Å². The maximum absolute atomic E-state index is 13.3. The fourth-order valence-electron chi connectivity index (χ4n) is 3.87. The summed E-state index contributed by atoms with van der Waals surface area (Å²) >= 11 is 0. The molecule has 3 aromatic rings. The number of amidine groups is 1. The molecule has 3 aromatic carbocycles. The molecule has 184 valence electrons. The lowest BCUT2D eigenvalue weighted by atomic mass is 10.0. The molecule has 0 spiro atoms. The number of nitrogen functional groups attached to an aromatic ring is 1. The third-order valence-electron chi connectivity index (χ3n) is 5.65. The zero-order valence-corrected chi connectivity index (χ0v) is 19.9. The van der Waals surface area contributed by atoms with E-state index in [0.29, 0.717) is 34.9 Å². The summed E-state index contributed by atoms with van der Waals surface area (Å²) < 4.78 is 16.3. The Labute approximate surface area is 208 Å². The fourth-order valence-corrected chi connectivity index (χ4v) is 3.87. The van der Waals surface area contributed by atoms with Crippen LogP contribution >= 0.6 is 0 Å². The lowest BCUT2D eigenvalue weighted by Gasteiger charge is -2.34. The van der Waals surface area contributed by atoms with Crippen molar-refractivity contribution in [2.24, 2.45) is 5.73 Å². The molecule has 36 heavy (non-hydrogen) atoms. The van der Waals surface area contributed by atoms with Gasteiger partial charge in [0.1, 0.15) is 24.2 Å². The minimum absolute atomic E-state index is 0.0123. The Balaban J connectivity index is 1.72. The largest absolute Gasteiger partial charge is 0.493 e. The molecule has 0 saturated carbocycles. The fraction of sp³-hybridized carbons (Fsp3) is 0.148. The molecule has 0 radical (unpaired) electrons. The number of amides is 1. The van der Waals surface area contributed by atoms with Crippen LogP contribution in [0, 0.1) is 5.41 Å². The van der Waals surface area contributed by atoms with E-state index in [1.165, 1.54) is 20.4 Å². The molecule has 1 aliphatic rings. The second-order valence-corrected chi connectivity index (χ2v) is 7.98. The van der Waals surface area contributed by atoms with Gasteiger partial charge in [-0.1, -0.05) is 48.5 Å². The van der Waals surface area contributed by atoms with Gasteiger partial charge in [-0.2, -0.15) is 0 Å². The second-order valence-electron chi connectivity index (χ2n) is 7.98. The normalized spacial score (nSPS) is 14.9. The Hall–Kier alpha value is -4.79. The van der Waals surface area contributed by atoms with E-state index in [1.807, 2.05) is 30.3 Å². The van der Waals surface area contributed by atoms with Crippen molar-refractivity contribution in [2.75, 3.05) is 19.1 Å². The van der Waals surface area contributed by atoms with Crippen LogP contribution < -0.4 is 25.4 Å². The minimum Gasteiger partial charge on any atom is -0.493 e. The second kappa shape index (κ2) is 10.6. The third kappa shape index (κ3) is 5.15. The number of carbonyl (C=O) groups excluding carboxylic acids is 2. The number of nitrogens with two attached hydrogens (primary N) is 1. The maximum Gasteiger partial charge on any atom is 0.356 e. The highest BCUT2D eigenvalue weighted by atomic mass is 16.5. The quantitative estimate of drug-likeness (QED) is 0.253. The summed E-state index contributed by atoms with van der Waals surface area (Å²) in [6.07, 6.45) is 1.50. The number of rotatable bonds is 8. The first kappa shape index (κ1) is 24.3. The monoisotopic (exact) mass is 486 g/mol. The summed E-state index contributed by atoms with van der Waals surface area (Å²) in [5.74, 6) is -0.259. The van der Waals surface area contributed by atoms with Crippen molar-refractivity contribution in [1.29, 1.82) is 5.41 Å². The Morgan fingerprint density at radius 2 is 1.81 bits per heavy atom. The van der Waals surface area contributed by atoms with Crippen molar-refractivity contribution in [2.45, 2.75) is 12.6 Å². The van der Waals surface area contributed by atoms with Crippen molar-refractivity contribution >= 4 is 23.4 Å². The third-order valence-corrected chi connectivity index (χ3v) is 5.65. The number of carbonyl (C=O) groups is 2. The number of hydrogen-bond donors (Lipinski definition) is 3.